The van der Waals surface area contributed by atoms with Gasteiger partial charge < -0.3 is 10.6 Å². The molecule has 62 valence electrons. The van der Waals surface area contributed by atoms with E-state index in [1.807, 2.05) is 0 Å². The Morgan fingerprint density at radius 2 is 2.55 bits per heavy atom. The van der Waals surface area contributed by atoms with E-state index >= 15 is 0 Å². The molecule has 1 fully saturated rings. The number of hydrogen-bond donors (Lipinski definition) is 1. The third-order valence-corrected chi connectivity index (χ3v) is 2.09. The maximum absolute atomic E-state index is 11.3. The maximum Gasteiger partial charge on any atom is 0.229 e. The quantitative estimate of drug-likeness (QED) is 0.636. The molecule has 3 heteroatoms. The van der Waals surface area contributed by atoms with E-state index < -0.39 is 0 Å². The van der Waals surface area contributed by atoms with Crippen molar-refractivity contribution in [1.29, 1.82) is 0 Å². The number of rotatable bonds is 3. The molecular formula is C8H14N2O. The van der Waals surface area contributed by atoms with Crippen LogP contribution in [0.4, 0.5) is 0 Å². The Labute approximate surface area is 66.9 Å². The molecule has 0 radical (unpaired) electrons. The topological polar surface area (TPSA) is 46.3 Å². The highest BCUT2D eigenvalue weighted by Crippen LogP contribution is 2.20. The maximum atomic E-state index is 11.3. The average Bonchev–Trinajstić information content (AvgIpc) is 2.34. The van der Waals surface area contributed by atoms with E-state index in [-0.39, 0.29) is 11.8 Å². The highest BCUT2D eigenvalue weighted by Gasteiger charge is 2.28. The van der Waals surface area contributed by atoms with Gasteiger partial charge in [-0.1, -0.05) is 6.58 Å². The van der Waals surface area contributed by atoms with Gasteiger partial charge in [-0.25, -0.2) is 0 Å². The summed E-state index contributed by atoms with van der Waals surface area (Å²) in [5.41, 5.74) is 5.36. The Morgan fingerprint density at radius 3 is 3.00 bits per heavy atom. The van der Waals surface area contributed by atoms with Crippen LogP contribution in [0.3, 0.4) is 0 Å². The molecule has 1 atom stereocenters. The van der Waals surface area contributed by atoms with Gasteiger partial charge in [-0.15, -0.1) is 0 Å². The third-order valence-electron chi connectivity index (χ3n) is 2.09. The minimum absolute atomic E-state index is 0.151. The minimum atomic E-state index is 0.151. The molecule has 0 aromatic carbocycles. The average molecular weight is 154 g/mol. The molecule has 11 heavy (non-hydrogen) atoms. The van der Waals surface area contributed by atoms with Gasteiger partial charge in [0.1, 0.15) is 0 Å². The smallest absolute Gasteiger partial charge is 0.229 e. The van der Waals surface area contributed by atoms with E-state index in [4.69, 9.17) is 5.73 Å². The summed E-state index contributed by atoms with van der Waals surface area (Å²) in [6.45, 7) is 4.97. The summed E-state index contributed by atoms with van der Waals surface area (Å²) in [7, 11) is 0. The van der Waals surface area contributed by atoms with Gasteiger partial charge in [-0.3, -0.25) is 4.79 Å². The first-order valence-corrected chi connectivity index (χ1v) is 3.92. The predicted octanol–water partition coefficient (Wildman–Crippen LogP) is 0.327. The lowest BCUT2D eigenvalue weighted by Crippen LogP contribution is -2.22. The predicted molar refractivity (Wildman–Crippen MR) is 43.7 cm³/mol. The highest BCUT2D eigenvalue weighted by molar-refractivity contribution is 5.81. The summed E-state index contributed by atoms with van der Waals surface area (Å²) in [4.78, 5) is 13.0. The Balaban J connectivity index is 2.48. The van der Waals surface area contributed by atoms with Crippen molar-refractivity contribution in [3.63, 3.8) is 0 Å². The van der Waals surface area contributed by atoms with E-state index in [0.29, 0.717) is 6.54 Å². The second-order valence-electron chi connectivity index (χ2n) is 2.78. The molecule has 1 aliphatic heterocycles. The standard InChI is InChI=1S/C8H14N2O/c1-2-10-6-4-7(3-5-9)8(10)11/h2,7H,1,3-6,9H2. The molecule has 1 unspecified atom stereocenters. The van der Waals surface area contributed by atoms with Crippen LogP contribution >= 0.6 is 0 Å². The van der Waals surface area contributed by atoms with Gasteiger partial charge in [-0.2, -0.15) is 0 Å². The summed E-state index contributed by atoms with van der Waals surface area (Å²) < 4.78 is 0. The van der Waals surface area contributed by atoms with Crippen molar-refractivity contribution in [2.75, 3.05) is 13.1 Å². The lowest BCUT2D eigenvalue weighted by atomic mass is 10.0. The number of nitrogens with two attached hydrogens (primary N) is 1. The lowest BCUT2D eigenvalue weighted by molar-refractivity contribution is -0.128. The summed E-state index contributed by atoms with van der Waals surface area (Å²) in [6, 6.07) is 0. The fourth-order valence-electron chi connectivity index (χ4n) is 1.41. The first-order chi connectivity index (χ1) is 5.29. The number of amides is 1. The minimum Gasteiger partial charge on any atom is -0.330 e. The van der Waals surface area contributed by atoms with Crippen molar-refractivity contribution < 1.29 is 4.79 Å². The molecule has 1 aliphatic rings. The largest absolute Gasteiger partial charge is 0.330 e. The summed E-state index contributed by atoms with van der Waals surface area (Å²) >= 11 is 0. The fourth-order valence-corrected chi connectivity index (χ4v) is 1.41. The Morgan fingerprint density at radius 1 is 1.82 bits per heavy atom. The van der Waals surface area contributed by atoms with Gasteiger partial charge in [0.25, 0.3) is 0 Å². The van der Waals surface area contributed by atoms with Crippen LogP contribution in [0, 0.1) is 5.92 Å². The van der Waals surface area contributed by atoms with Crippen molar-refractivity contribution >= 4 is 5.91 Å². The number of carbonyl (C=O) groups excluding carboxylic acids is 1. The van der Waals surface area contributed by atoms with Crippen molar-refractivity contribution in [2.24, 2.45) is 11.7 Å². The van der Waals surface area contributed by atoms with E-state index in [1.54, 1.807) is 11.1 Å². The van der Waals surface area contributed by atoms with Gasteiger partial charge in [0.15, 0.2) is 0 Å². The zero-order chi connectivity index (χ0) is 8.27. The zero-order valence-electron chi connectivity index (χ0n) is 6.62. The molecule has 0 aromatic rings. The van der Waals surface area contributed by atoms with Crippen molar-refractivity contribution in [3.8, 4) is 0 Å². The van der Waals surface area contributed by atoms with Crippen LogP contribution in [0.25, 0.3) is 0 Å². The van der Waals surface area contributed by atoms with E-state index in [0.717, 1.165) is 19.4 Å². The van der Waals surface area contributed by atoms with Gasteiger partial charge in [0.2, 0.25) is 5.91 Å². The normalized spacial score (nSPS) is 24.3. The summed E-state index contributed by atoms with van der Waals surface area (Å²) in [6.07, 6.45) is 3.34. The second kappa shape index (κ2) is 3.53. The van der Waals surface area contributed by atoms with Gasteiger partial charge >= 0.3 is 0 Å². The van der Waals surface area contributed by atoms with Crippen LogP contribution < -0.4 is 5.73 Å². The summed E-state index contributed by atoms with van der Waals surface area (Å²) in [5.74, 6) is 0.337. The second-order valence-corrected chi connectivity index (χ2v) is 2.78. The molecule has 1 rings (SSSR count). The van der Waals surface area contributed by atoms with Crippen LogP contribution in [0.15, 0.2) is 12.8 Å². The van der Waals surface area contributed by atoms with E-state index in [2.05, 4.69) is 6.58 Å². The summed E-state index contributed by atoms with van der Waals surface area (Å²) in [5, 5.41) is 0. The zero-order valence-corrected chi connectivity index (χ0v) is 6.62. The van der Waals surface area contributed by atoms with Crippen molar-refractivity contribution in [3.05, 3.63) is 12.8 Å². The Hall–Kier alpha value is -0.830. The Bertz CT molecular complexity index is 167. The number of hydrogen-bond acceptors (Lipinski definition) is 2. The molecule has 1 amide bonds. The van der Waals surface area contributed by atoms with Crippen LogP contribution in [0.2, 0.25) is 0 Å². The molecule has 0 spiro atoms. The van der Waals surface area contributed by atoms with Gasteiger partial charge in [0.05, 0.1) is 0 Å². The van der Waals surface area contributed by atoms with E-state index in [1.165, 1.54) is 0 Å². The molecule has 3 nitrogen and oxygen atoms in total. The monoisotopic (exact) mass is 154 g/mol. The number of likely N-dealkylation sites (tertiary alicyclic amines) is 1. The van der Waals surface area contributed by atoms with Crippen LogP contribution in [-0.4, -0.2) is 23.9 Å². The van der Waals surface area contributed by atoms with Gasteiger partial charge in [0, 0.05) is 12.5 Å². The van der Waals surface area contributed by atoms with Crippen LogP contribution in [0.5, 0.6) is 0 Å². The molecule has 1 heterocycles. The molecule has 1 saturated heterocycles. The molecular weight excluding hydrogens is 140 g/mol. The molecule has 0 saturated carbocycles. The van der Waals surface area contributed by atoms with Gasteiger partial charge in [-0.05, 0) is 25.6 Å². The third kappa shape index (κ3) is 1.60. The van der Waals surface area contributed by atoms with Crippen molar-refractivity contribution in [2.45, 2.75) is 12.8 Å². The molecule has 0 bridgehead atoms. The SMILES string of the molecule is C=CN1CCC(CCN)C1=O. The van der Waals surface area contributed by atoms with Crippen LogP contribution in [-0.2, 0) is 4.79 Å². The first kappa shape index (κ1) is 8.27. The lowest BCUT2D eigenvalue weighted by Gasteiger charge is -2.09. The number of nitrogens with zero attached hydrogens (tertiary/aromatic N) is 1. The number of carbonyl (C=O) groups is 1. The fraction of sp³-hybridized carbons (Fsp3) is 0.625. The van der Waals surface area contributed by atoms with Crippen molar-refractivity contribution in [1.82, 2.24) is 4.90 Å². The highest BCUT2D eigenvalue weighted by atomic mass is 16.2. The molecule has 2 N–H and O–H groups in total. The molecule has 0 aliphatic carbocycles. The Kier molecular flexibility index (Phi) is 2.65. The van der Waals surface area contributed by atoms with E-state index in [9.17, 15) is 4.79 Å². The first-order valence-electron chi connectivity index (χ1n) is 3.92. The van der Waals surface area contributed by atoms with Crippen LogP contribution in [0.1, 0.15) is 12.8 Å². The molecule has 0 aromatic heterocycles.